The fourth-order valence-electron chi connectivity index (χ4n) is 0.757. The van der Waals surface area contributed by atoms with Gasteiger partial charge in [0, 0.05) is 6.42 Å². The summed E-state index contributed by atoms with van der Waals surface area (Å²) in [6.45, 7) is 1.62. The molecule has 0 spiro atoms. The van der Waals surface area contributed by atoms with Gasteiger partial charge in [0.25, 0.3) is 0 Å². The minimum Gasteiger partial charge on any atom is -0.395 e. The molecule has 1 unspecified atom stereocenters. The Bertz CT molecular complexity index is 131. The fraction of sp³-hybridized carbons (Fsp3) is 0.750. The summed E-state index contributed by atoms with van der Waals surface area (Å²) in [5.41, 5.74) is 0. The Labute approximate surface area is 66.4 Å². The third-order valence-corrected chi connectivity index (χ3v) is 1.55. The Morgan fingerprint density at radius 3 is 2.64 bits per heavy atom. The largest absolute Gasteiger partial charge is 0.395 e. The average molecular weight is 158 g/mol. The highest BCUT2D eigenvalue weighted by molar-refractivity contribution is 5.93. The highest BCUT2D eigenvalue weighted by atomic mass is 16.3. The lowest BCUT2D eigenvalue weighted by Crippen LogP contribution is -2.19. The van der Waals surface area contributed by atoms with Crippen LogP contribution in [0.15, 0.2) is 0 Å². The third kappa shape index (κ3) is 3.88. The number of aliphatic hydroxyl groups excluding tert-OH is 1. The van der Waals surface area contributed by atoms with E-state index in [1.165, 1.54) is 0 Å². The number of carbonyl (C=O) groups excluding carboxylic acids is 2. The van der Waals surface area contributed by atoms with Crippen LogP contribution in [-0.2, 0) is 9.59 Å². The number of ketones is 1. The maximum absolute atomic E-state index is 11.0. The van der Waals surface area contributed by atoms with Gasteiger partial charge in [0.2, 0.25) is 0 Å². The van der Waals surface area contributed by atoms with E-state index < -0.39 is 5.92 Å². The Kier molecular flexibility index (Phi) is 5.65. The van der Waals surface area contributed by atoms with E-state index in [9.17, 15) is 9.59 Å². The summed E-state index contributed by atoms with van der Waals surface area (Å²) in [5.74, 6) is -0.939. The Hall–Kier alpha value is -0.700. The molecule has 0 heterocycles. The van der Waals surface area contributed by atoms with Gasteiger partial charge in [-0.05, 0) is 6.42 Å². The van der Waals surface area contributed by atoms with Crippen molar-refractivity contribution in [3.63, 3.8) is 0 Å². The molecule has 0 aliphatic carbocycles. The van der Waals surface area contributed by atoms with Crippen molar-refractivity contribution < 1.29 is 14.7 Å². The molecule has 0 saturated carbocycles. The summed E-state index contributed by atoms with van der Waals surface area (Å²) >= 11 is 0. The Morgan fingerprint density at radius 1 is 1.64 bits per heavy atom. The van der Waals surface area contributed by atoms with Gasteiger partial charge in [-0.1, -0.05) is 13.3 Å². The minimum atomic E-state index is -0.790. The summed E-state index contributed by atoms with van der Waals surface area (Å²) < 4.78 is 0. The zero-order valence-corrected chi connectivity index (χ0v) is 6.75. The maximum Gasteiger partial charge on any atom is 0.145 e. The fourth-order valence-corrected chi connectivity index (χ4v) is 0.757. The average Bonchev–Trinajstić information content (AvgIpc) is 2.03. The normalized spacial score (nSPS) is 12.5. The summed E-state index contributed by atoms with van der Waals surface area (Å²) in [6.07, 6.45) is 2.64. The molecule has 0 bridgehead atoms. The molecule has 0 amide bonds. The summed E-state index contributed by atoms with van der Waals surface area (Å²) in [4.78, 5) is 21.1. The first-order chi connectivity index (χ1) is 5.26. The molecule has 64 valence electrons. The van der Waals surface area contributed by atoms with Crippen molar-refractivity contribution in [2.75, 3.05) is 6.61 Å². The number of Topliss-reactive ketones (excluding diaryl/α,β-unsaturated/α-hetero) is 1. The van der Waals surface area contributed by atoms with Crippen molar-refractivity contribution in [3.8, 4) is 0 Å². The minimum absolute atomic E-state index is 0.149. The summed E-state index contributed by atoms with van der Waals surface area (Å²) in [7, 11) is 0. The van der Waals surface area contributed by atoms with Crippen LogP contribution in [-0.4, -0.2) is 23.8 Å². The number of aldehydes is 1. The second-order valence-electron chi connectivity index (χ2n) is 2.50. The van der Waals surface area contributed by atoms with Crippen LogP contribution in [0.3, 0.4) is 0 Å². The molecule has 3 nitrogen and oxygen atoms in total. The molecule has 0 fully saturated rings. The van der Waals surface area contributed by atoms with E-state index >= 15 is 0 Å². The molecule has 0 aromatic carbocycles. The van der Waals surface area contributed by atoms with Gasteiger partial charge >= 0.3 is 0 Å². The second kappa shape index (κ2) is 6.04. The number of aliphatic hydroxyl groups is 1. The molecule has 0 aliphatic rings. The molecular weight excluding hydrogens is 144 g/mol. The highest BCUT2D eigenvalue weighted by Gasteiger charge is 2.14. The Balaban J connectivity index is 3.69. The first kappa shape index (κ1) is 10.3. The van der Waals surface area contributed by atoms with Crippen molar-refractivity contribution in [3.05, 3.63) is 0 Å². The van der Waals surface area contributed by atoms with Gasteiger partial charge in [0.05, 0.1) is 12.5 Å². The molecule has 0 aromatic heterocycles. The lowest BCUT2D eigenvalue weighted by molar-refractivity contribution is -0.128. The van der Waals surface area contributed by atoms with Crippen molar-refractivity contribution in [1.29, 1.82) is 0 Å². The number of rotatable bonds is 6. The lowest BCUT2D eigenvalue weighted by Gasteiger charge is -2.03. The molecule has 0 rings (SSSR count). The van der Waals surface area contributed by atoms with E-state index in [1.54, 1.807) is 0 Å². The maximum atomic E-state index is 11.0. The van der Waals surface area contributed by atoms with E-state index in [-0.39, 0.29) is 12.4 Å². The molecule has 0 radical (unpaired) electrons. The first-order valence-corrected chi connectivity index (χ1v) is 3.85. The van der Waals surface area contributed by atoms with Gasteiger partial charge in [0.15, 0.2) is 0 Å². The van der Waals surface area contributed by atoms with Crippen LogP contribution >= 0.6 is 0 Å². The van der Waals surface area contributed by atoms with Crippen LogP contribution in [0, 0.1) is 5.92 Å². The summed E-state index contributed by atoms with van der Waals surface area (Å²) in [5, 5.41) is 8.54. The van der Waals surface area contributed by atoms with Gasteiger partial charge in [0.1, 0.15) is 12.1 Å². The number of hydrogen-bond acceptors (Lipinski definition) is 3. The zero-order valence-electron chi connectivity index (χ0n) is 6.75. The van der Waals surface area contributed by atoms with Crippen molar-refractivity contribution >= 4 is 12.1 Å². The van der Waals surface area contributed by atoms with Crippen LogP contribution < -0.4 is 0 Å². The first-order valence-electron chi connectivity index (χ1n) is 3.85. The van der Waals surface area contributed by atoms with Crippen LogP contribution in [0.5, 0.6) is 0 Å². The standard InChI is InChI=1S/C8H14O3/c1-2-3-4-8(11)7(5-9)6-10/h5,7,10H,2-4,6H2,1H3. The van der Waals surface area contributed by atoms with Crippen molar-refractivity contribution in [2.24, 2.45) is 5.92 Å². The SMILES string of the molecule is CCCCC(=O)C(C=O)CO. The van der Waals surface area contributed by atoms with Gasteiger partial charge < -0.3 is 9.90 Å². The molecule has 0 saturated heterocycles. The highest BCUT2D eigenvalue weighted by Crippen LogP contribution is 2.02. The van der Waals surface area contributed by atoms with E-state index in [0.717, 1.165) is 12.8 Å². The molecule has 0 aromatic rings. The van der Waals surface area contributed by atoms with Crippen LogP contribution in [0.2, 0.25) is 0 Å². The molecule has 1 N–H and O–H groups in total. The molecular formula is C8H14O3. The van der Waals surface area contributed by atoms with Crippen molar-refractivity contribution in [1.82, 2.24) is 0 Å². The van der Waals surface area contributed by atoms with E-state index in [0.29, 0.717) is 12.7 Å². The number of carbonyl (C=O) groups is 2. The third-order valence-electron chi connectivity index (χ3n) is 1.55. The monoisotopic (exact) mass is 158 g/mol. The lowest BCUT2D eigenvalue weighted by atomic mass is 10.0. The Morgan fingerprint density at radius 2 is 2.27 bits per heavy atom. The number of hydrogen-bond donors (Lipinski definition) is 1. The summed E-state index contributed by atoms with van der Waals surface area (Å²) in [6, 6.07) is 0. The van der Waals surface area contributed by atoms with Crippen LogP contribution in [0.4, 0.5) is 0 Å². The van der Waals surface area contributed by atoms with Gasteiger partial charge in [-0.2, -0.15) is 0 Å². The van der Waals surface area contributed by atoms with Crippen LogP contribution in [0.25, 0.3) is 0 Å². The molecule has 0 aliphatic heterocycles. The van der Waals surface area contributed by atoms with Crippen molar-refractivity contribution in [2.45, 2.75) is 26.2 Å². The molecule has 11 heavy (non-hydrogen) atoms. The van der Waals surface area contributed by atoms with E-state index in [2.05, 4.69) is 0 Å². The predicted octanol–water partition coefficient (Wildman–Crippen LogP) is 0.553. The van der Waals surface area contributed by atoms with Crippen LogP contribution in [0.1, 0.15) is 26.2 Å². The van der Waals surface area contributed by atoms with E-state index in [1.807, 2.05) is 6.92 Å². The van der Waals surface area contributed by atoms with Gasteiger partial charge in [-0.25, -0.2) is 0 Å². The quantitative estimate of drug-likeness (QED) is 0.453. The smallest absolute Gasteiger partial charge is 0.145 e. The zero-order chi connectivity index (χ0) is 8.69. The molecule has 3 heteroatoms. The van der Waals surface area contributed by atoms with Gasteiger partial charge in [-0.3, -0.25) is 4.79 Å². The molecule has 1 atom stereocenters. The number of unbranched alkanes of at least 4 members (excludes halogenated alkanes) is 1. The predicted molar refractivity (Wildman–Crippen MR) is 41.2 cm³/mol. The second-order valence-corrected chi connectivity index (χ2v) is 2.50. The van der Waals surface area contributed by atoms with Gasteiger partial charge in [-0.15, -0.1) is 0 Å². The van der Waals surface area contributed by atoms with E-state index in [4.69, 9.17) is 5.11 Å². The topological polar surface area (TPSA) is 54.4 Å².